The molecule has 0 saturated heterocycles. The summed E-state index contributed by atoms with van der Waals surface area (Å²) >= 11 is 0. The molecule has 0 aromatic rings. The molecule has 1 saturated carbocycles. The van der Waals surface area contributed by atoms with Crippen LogP contribution >= 0.6 is 0 Å². The highest BCUT2D eigenvalue weighted by Crippen LogP contribution is 2.53. The van der Waals surface area contributed by atoms with Crippen molar-refractivity contribution in [2.45, 2.75) is 96.7 Å². The fraction of sp³-hybridized carbons (Fsp3) is 0.773. The van der Waals surface area contributed by atoms with Gasteiger partial charge in [0.25, 0.3) is 0 Å². The minimum atomic E-state index is -1.02. The molecule has 1 amide bonds. The minimum Gasteiger partial charge on any atom is -0.369 e. The highest BCUT2D eigenvalue weighted by Gasteiger charge is 2.49. The van der Waals surface area contributed by atoms with Crippen molar-refractivity contribution < 1.29 is 4.79 Å². The first-order chi connectivity index (χ1) is 11.9. The number of hydrogen-bond acceptors (Lipinski definition) is 1. The molecule has 2 aliphatic rings. The van der Waals surface area contributed by atoms with Crippen molar-refractivity contribution in [1.29, 1.82) is 0 Å². The molecule has 0 spiro atoms. The summed E-state index contributed by atoms with van der Waals surface area (Å²) in [6.45, 7) is 9.30. The van der Waals surface area contributed by atoms with Crippen molar-refractivity contribution in [3.05, 3.63) is 23.3 Å². The lowest BCUT2D eigenvalue weighted by Gasteiger charge is -2.44. The molecule has 2 N–H and O–H groups in total. The van der Waals surface area contributed by atoms with Gasteiger partial charge in [0.15, 0.2) is 0 Å². The summed E-state index contributed by atoms with van der Waals surface area (Å²) in [6.07, 6.45) is 17.0. The first kappa shape index (κ1) is 20.5. The molecule has 3 heteroatoms. The molecule has 0 bridgehead atoms. The van der Waals surface area contributed by atoms with E-state index in [1.807, 2.05) is 0 Å². The van der Waals surface area contributed by atoms with Crippen LogP contribution in [-0.2, 0) is 4.79 Å². The van der Waals surface area contributed by atoms with E-state index in [-0.39, 0.29) is 5.91 Å². The van der Waals surface area contributed by atoms with Crippen molar-refractivity contribution in [2.75, 3.05) is 0 Å². The Morgan fingerprint density at radius 1 is 1.08 bits per heavy atom. The Balaban J connectivity index is 2.46. The molecule has 142 valence electrons. The number of amides is 1. The monoisotopic (exact) mass is 361 g/mol. The van der Waals surface area contributed by atoms with Crippen LogP contribution in [0.1, 0.15) is 78.1 Å². The summed E-state index contributed by atoms with van der Waals surface area (Å²) in [5, 5.41) is 0. The Bertz CT molecular complexity index is 522. The molecule has 2 aliphatic carbocycles. The van der Waals surface area contributed by atoms with E-state index in [2.05, 4.69) is 39.1 Å². The van der Waals surface area contributed by atoms with Crippen molar-refractivity contribution in [1.82, 2.24) is 0 Å². The second-order valence-corrected chi connectivity index (χ2v) is 12.1. The van der Waals surface area contributed by atoms with E-state index in [1.54, 1.807) is 0 Å². The molecule has 1 fully saturated rings. The van der Waals surface area contributed by atoms with Crippen LogP contribution in [0.3, 0.4) is 0 Å². The Labute approximate surface area is 156 Å². The number of nitrogens with two attached hydrogens (primary N) is 1. The highest BCUT2D eigenvalue weighted by atomic mass is 28.3. The molecule has 0 aliphatic heterocycles. The number of carbonyl (C=O) groups excluding carboxylic acids is 1. The van der Waals surface area contributed by atoms with Crippen LogP contribution in [0.2, 0.25) is 18.6 Å². The van der Waals surface area contributed by atoms with Gasteiger partial charge >= 0.3 is 0 Å². The zero-order valence-electron chi connectivity index (χ0n) is 16.9. The fourth-order valence-corrected chi connectivity index (χ4v) is 8.08. The summed E-state index contributed by atoms with van der Waals surface area (Å²) in [5.74, 6) is 0.316. The van der Waals surface area contributed by atoms with Crippen LogP contribution in [0, 0.1) is 11.3 Å². The standard InChI is InChI=1S/C22H39NOSi/c1-17-14-15-18(2)20(17)22(21(23)24)16-12-10-8-6-5-7-9-11-13-19(22)25(3)4/h14-15,17,19,25H,5-13,16H2,1-4H3,(H2,23,24). The normalized spacial score (nSPS) is 32.5. The maximum absolute atomic E-state index is 13.1. The zero-order valence-corrected chi connectivity index (χ0v) is 18.1. The summed E-state index contributed by atoms with van der Waals surface area (Å²) in [7, 11) is -1.02. The third-order valence-electron chi connectivity index (χ3n) is 6.71. The SMILES string of the molecule is CC1=C(C2(C(N)=O)CCCCCCCCCCC2[SiH](C)C)C(C)C=C1. The summed E-state index contributed by atoms with van der Waals surface area (Å²) in [6, 6.07) is 0. The Morgan fingerprint density at radius 3 is 2.12 bits per heavy atom. The number of carbonyl (C=O) groups is 1. The summed E-state index contributed by atoms with van der Waals surface area (Å²) in [5.41, 5.74) is 9.01. The van der Waals surface area contributed by atoms with Crippen molar-refractivity contribution >= 4 is 14.7 Å². The maximum atomic E-state index is 13.1. The molecule has 2 nitrogen and oxygen atoms in total. The lowest BCUT2D eigenvalue weighted by molar-refractivity contribution is -0.126. The van der Waals surface area contributed by atoms with Gasteiger partial charge in [-0.1, -0.05) is 95.5 Å². The first-order valence-electron chi connectivity index (χ1n) is 10.6. The average Bonchev–Trinajstić information content (AvgIpc) is 2.87. The Kier molecular flexibility index (Phi) is 7.54. The molecular formula is C22H39NOSi. The maximum Gasteiger partial charge on any atom is 0.227 e. The molecule has 3 unspecified atom stereocenters. The van der Waals surface area contributed by atoms with E-state index in [4.69, 9.17) is 5.73 Å². The molecule has 0 aromatic carbocycles. The number of hydrogen-bond donors (Lipinski definition) is 1. The highest BCUT2D eigenvalue weighted by molar-refractivity contribution is 6.58. The van der Waals surface area contributed by atoms with Crippen LogP contribution in [0.5, 0.6) is 0 Å². The van der Waals surface area contributed by atoms with Gasteiger partial charge in [-0.2, -0.15) is 0 Å². The van der Waals surface area contributed by atoms with Gasteiger partial charge in [0, 0.05) is 8.80 Å². The third kappa shape index (κ3) is 4.47. The van der Waals surface area contributed by atoms with Crippen LogP contribution in [-0.4, -0.2) is 14.7 Å². The van der Waals surface area contributed by atoms with Gasteiger partial charge in [0.2, 0.25) is 5.91 Å². The van der Waals surface area contributed by atoms with Gasteiger partial charge in [0.1, 0.15) is 0 Å². The van der Waals surface area contributed by atoms with Gasteiger partial charge in [-0.15, -0.1) is 0 Å². The van der Waals surface area contributed by atoms with E-state index >= 15 is 0 Å². The van der Waals surface area contributed by atoms with Gasteiger partial charge in [-0.3, -0.25) is 4.79 Å². The van der Waals surface area contributed by atoms with Crippen molar-refractivity contribution in [3.63, 3.8) is 0 Å². The van der Waals surface area contributed by atoms with E-state index in [9.17, 15) is 4.79 Å². The second kappa shape index (κ2) is 9.20. The second-order valence-electron chi connectivity index (χ2n) is 8.80. The predicted molar refractivity (Wildman–Crippen MR) is 111 cm³/mol. The smallest absolute Gasteiger partial charge is 0.227 e. The Morgan fingerprint density at radius 2 is 1.64 bits per heavy atom. The zero-order chi connectivity index (χ0) is 18.4. The third-order valence-corrected chi connectivity index (χ3v) is 9.22. The molecule has 2 rings (SSSR count). The van der Waals surface area contributed by atoms with Crippen LogP contribution in [0.15, 0.2) is 23.3 Å². The number of primary amides is 1. The summed E-state index contributed by atoms with van der Waals surface area (Å²) in [4.78, 5) is 13.1. The summed E-state index contributed by atoms with van der Waals surface area (Å²) < 4.78 is 0. The molecule has 0 heterocycles. The molecular weight excluding hydrogens is 322 g/mol. The van der Waals surface area contributed by atoms with Gasteiger partial charge in [-0.05, 0) is 30.4 Å². The van der Waals surface area contributed by atoms with Crippen molar-refractivity contribution in [3.8, 4) is 0 Å². The number of rotatable bonds is 3. The van der Waals surface area contributed by atoms with Gasteiger partial charge in [-0.25, -0.2) is 0 Å². The number of allylic oxidation sites excluding steroid dienone is 3. The van der Waals surface area contributed by atoms with Crippen molar-refractivity contribution in [2.24, 2.45) is 17.1 Å². The lowest BCUT2D eigenvalue weighted by Crippen LogP contribution is -2.47. The topological polar surface area (TPSA) is 43.1 Å². The van der Waals surface area contributed by atoms with E-state index in [1.165, 1.54) is 62.5 Å². The van der Waals surface area contributed by atoms with Crippen LogP contribution in [0.4, 0.5) is 0 Å². The van der Waals surface area contributed by atoms with Gasteiger partial charge in [0.05, 0.1) is 5.41 Å². The lowest BCUT2D eigenvalue weighted by atomic mass is 9.67. The van der Waals surface area contributed by atoms with E-state index in [0.29, 0.717) is 11.5 Å². The van der Waals surface area contributed by atoms with E-state index < -0.39 is 14.2 Å². The van der Waals surface area contributed by atoms with E-state index in [0.717, 1.165) is 12.8 Å². The fourth-order valence-electron chi connectivity index (χ4n) is 5.53. The molecule has 0 aromatic heterocycles. The van der Waals surface area contributed by atoms with Crippen LogP contribution < -0.4 is 5.73 Å². The minimum absolute atomic E-state index is 0.0411. The average molecular weight is 362 g/mol. The van der Waals surface area contributed by atoms with Crippen LogP contribution in [0.25, 0.3) is 0 Å². The molecule has 25 heavy (non-hydrogen) atoms. The molecule has 3 atom stereocenters. The largest absolute Gasteiger partial charge is 0.369 e. The predicted octanol–water partition coefficient (Wildman–Crippen LogP) is 5.75. The first-order valence-corrected chi connectivity index (χ1v) is 13.6. The Hall–Kier alpha value is -0.833. The van der Waals surface area contributed by atoms with Gasteiger partial charge < -0.3 is 5.73 Å². The molecule has 0 radical (unpaired) electrons. The quantitative estimate of drug-likeness (QED) is 0.639.